The fourth-order valence-corrected chi connectivity index (χ4v) is 6.67. The monoisotopic (exact) mass is 526 g/mol. The van der Waals surface area contributed by atoms with Gasteiger partial charge in [0.25, 0.3) is 0 Å². The minimum absolute atomic E-state index is 0.0493. The Morgan fingerprint density at radius 3 is 2.27 bits per heavy atom. The van der Waals surface area contributed by atoms with Crippen molar-refractivity contribution in [1.82, 2.24) is 9.03 Å². The Hall–Kier alpha value is -2.19. The molecule has 1 aliphatic heterocycles. The van der Waals surface area contributed by atoms with Crippen molar-refractivity contribution in [2.45, 2.75) is 34.9 Å². The van der Waals surface area contributed by atoms with Crippen molar-refractivity contribution in [2.24, 2.45) is 0 Å². The second-order valence-electron chi connectivity index (χ2n) is 7.28. The van der Waals surface area contributed by atoms with Crippen LogP contribution in [0, 0.1) is 0 Å². The van der Waals surface area contributed by atoms with Gasteiger partial charge in [-0.25, -0.2) is 26.4 Å². The van der Waals surface area contributed by atoms with E-state index < -0.39 is 48.7 Å². The van der Waals surface area contributed by atoms with Crippen LogP contribution in [-0.2, 0) is 26.2 Å². The zero-order valence-electron chi connectivity index (χ0n) is 16.7. The van der Waals surface area contributed by atoms with Gasteiger partial charge in [0, 0.05) is 19.1 Å². The average molecular weight is 527 g/mol. The summed E-state index contributed by atoms with van der Waals surface area (Å²) in [4.78, 5) is 10.2. The van der Waals surface area contributed by atoms with Crippen molar-refractivity contribution in [3.8, 4) is 0 Å². The highest BCUT2D eigenvalue weighted by Crippen LogP contribution is 2.33. The van der Waals surface area contributed by atoms with Gasteiger partial charge in [0.1, 0.15) is 4.90 Å². The number of benzene rings is 2. The number of sulfonamides is 2. The summed E-state index contributed by atoms with van der Waals surface area (Å²) in [6.07, 6.45) is -4.66. The number of halogens is 4. The Balaban J connectivity index is 1.73. The average Bonchev–Trinajstić information content (AvgIpc) is 2.73. The van der Waals surface area contributed by atoms with E-state index in [1.165, 1.54) is 18.2 Å². The van der Waals surface area contributed by atoms with Crippen LogP contribution >= 0.6 is 11.6 Å². The normalized spacial score (nSPS) is 16.6. The summed E-state index contributed by atoms with van der Waals surface area (Å²) in [5.74, 6) is -1.28. The predicted molar refractivity (Wildman–Crippen MR) is 112 cm³/mol. The molecule has 1 heterocycles. The van der Waals surface area contributed by atoms with Gasteiger partial charge in [0.2, 0.25) is 20.0 Å². The Morgan fingerprint density at radius 1 is 1.06 bits per heavy atom. The topological polar surface area (TPSA) is 121 Å². The third-order valence-electron chi connectivity index (χ3n) is 5.04. The molecule has 2 N–H and O–H groups in total. The van der Waals surface area contributed by atoms with E-state index in [0.717, 1.165) is 16.4 Å². The van der Waals surface area contributed by atoms with Crippen LogP contribution in [0.3, 0.4) is 0 Å². The van der Waals surface area contributed by atoms with Crippen LogP contribution in [0.15, 0.2) is 52.3 Å². The minimum Gasteiger partial charge on any atom is -0.478 e. The van der Waals surface area contributed by atoms with Gasteiger partial charge in [-0.15, -0.1) is 0 Å². The number of carboxylic acid groups (broad SMARTS) is 1. The molecule has 1 saturated heterocycles. The smallest absolute Gasteiger partial charge is 0.416 e. The summed E-state index contributed by atoms with van der Waals surface area (Å²) in [6.45, 7) is -0.160. The largest absolute Gasteiger partial charge is 0.478 e. The number of piperidine rings is 1. The van der Waals surface area contributed by atoms with E-state index in [0.29, 0.717) is 12.1 Å². The first-order chi connectivity index (χ1) is 15.2. The molecule has 33 heavy (non-hydrogen) atoms. The SMILES string of the molecule is O=C(O)c1cccc(S(=O)(=O)N2CCC(NS(=O)(=O)c3cc(C(F)(F)F)ccc3Cl)CC2)c1. The molecule has 1 fully saturated rings. The molecular weight excluding hydrogens is 509 g/mol. The number of aromatic carboxylic acids is 1. The van der Waals surface area contributed by atoms with Crippen LogP contribution in [0.4, 0.5) is 13.2 Å². The van der Waals surface area contributed by atoms with Gasteiger partial charge in [-0.05, 0) is 49.2 Å². The van der Waals surface area contributed by atoms with Gasteiger partial charge in [0.15, 0.2) is 0 Å². The van der Waals surface area contributed by atoms with Gasteiger partial charge in [-0.1, -0.05) is 17.7 Å². The Bertz CT molecular complexity index is 1270. The first-order valence-electron chi connectivity index (χ1n) is 9.44. The second kappa shape index (κ2) is 9.22. The number of hydrogen-bond donors (Lipinski definition) is 2. The molecule has 3 rings (SSSR count). The van der Waals surface area contributed by atoms with Crippen molar-refractivity contribution in [3.63, 3.8) is 0 Å². The molecule has 8 nitrogen and oxygen atoms in total. The van der Waals surface area contributed by atoms with Crippen molar-refractivity contribution in [1.29, 1.82) is 0 Å². The molecule has 14 heteroatoms. The molecule has 0 unspecified atom stereocenters. The van der Waals surface area contributed by atoms with Gasteiger partial charge in [0.05, 0.1) is 21.0 Å². The molecule has 0 saturated carbocycles. The predicted octanol–water partition coefficient (Wildman–Crippen LogP) is 3.19. The van der Waals surface area contributed by atoms with E-state index in [1.54, 1.807) is 0 Å². The number of carboxylic acids is 1. The Labute approximate surface area is 193 Å². The number of alkyl halides is 3. The summed E-state index contributed by atoms with van der Waals surface area (Å²) in [5.41, 5.74) is -1.37. The lowest BCUT2D eigenvalue weighted by Gasteiger charge is -2.31. The van der Waals surface area contributed by atoms with Gasteiger partial charge < -0.3 is 5.11 Å². The molecular formula is C19H18ClF3N2O6S2. The third-order valence-corrected chi connectivity index (χ3v) is 8.94. The summed E-state index contributed by atoms with van der Waals surface area (Å²) >= 11 is 5.82. The fourth-order valence-electron chi connectivity index (χ4n) is 3.32. The number of hydrogen-bond acceptors (Lipinski definition) is 5. The quantitative estimate of drug-likeness (QED) is 0.596. The van der Waals surface area contributed by atoms with Crippen LogP contribution in [0.2, 0.25) is 5.02 Å². The van der Waals surface area contributed by atoms with E-state index >= 15 is 0 Å². The molecule has 0 atom stereocenters. The van der Waals surface area contributed by atoms with Crippen LogP contribution < -0.4 is 4.72 Å². The lowest BCUT2D eigenvalue weighted by atomic mass is 10.1. The third kappa shape index (κ3) is 5.66. The molecule has 2 aromatic carbocycles. The highest BCUT2D eigenvalue weighted by molar-refractivity contribution is 7.89. The fraction of sp³-hybridized carbons (Fsp3) is 0.316. The maximum atomic E-state index is 13.0. The summed E-state index contributed by atoms with van der Waals surface area (Å²) in [7, 11) is -8.43. The minimum atomic E-state index is -4.76. The van der Waals surface area contributed by atoms with Gasteiger partial charge >= 0.3 is 12.1 Å². The standard InChI is InChI=1S/C19H18ClF3N2O6S2/c20-16-5-4-13(19(21,22)23)11-17(16)32(28,29)24-14-6-8-25(9-7-14)33(30,31)15-3-1-2-12(10-15)18(26)27/h1-5,10-11,14,24H,6-9H2,(H,26,27). The maximum Gasteiger partial charge on any atom is 0.416 e. The van der Waals surface area contributed by atoms with E-state index in [2.05, 4.69) is 4.72 Å². The zero-order chi connectivity index (χ0) is 24.6. The van der Waals surface area contributed by atoms with Crippen molar-refractivity contribution >= 4 is 37.6 Å². The number of nitrogens with one attached hydrogen (secondary N) is 1. The van der Waals surface area contributed by atoms with Crippen LogP contribution in [-0.4, -0.2) is 51.3 Å². The van der Waals surface area contributed by atoms with Gasteiger partial charge in [-0.3, -0.25) is 0 Å². The van der Waals surface area contributed by atoms with E-state index in [9.17, 15) is 34.8 Å². The van der Waals surface area contributed by atoms with E-state index in [1.807, 2.05) is 0 Å². The van der Waals surface area contributed by atoms with Crippen molar-refractivity contribution in [3.05, 3.63) is 58.6 Å². The first kappa shape index (κ1) is 25.4. The summed E-state index contributed by atoms with van der Waals surface area (Å²) in [6, 6.07) is 6.06. The van der Waals surface area contributed by atoms with Crippen molar-refractivity contribution < 1.29 is 39.9 Å². The molecule has 2 aromatic rings. The first-order valence-corrected chi connectivity index (χ1v) is 12.7. The van der Waals surface area contributed by atoms with Crippen molar-refractivity contribution in [2.75, 3.05) is 13.1 Å². The molecule has 180 valence electrons. The second-order valence-corrected chi connectivity index (χ2v) is 11.3. The Kier molecular flexibility index (Phi) is 7.10. The van der Waals surface area contributed by atoms with Crippen LogP contribution in [0.1, 0.15) is 28.8 Å². The molecule has 0 aliphatic carbocycles. The molecule has 1 aliphatic rings. The highest BCUT2D eigenvalue weighted by Gasteiger charge is 2.35. The zero-order valence-corrected chi connectivity index (χ0v) is 19.1. The number of nitrogens with zero attached hydrogens (tertiary/aromatic N) is 1. The summed E-state index contributed by atoms with van der Waals surface area (Å²) < 4.78 is 93.2. The van der Waals surface area contributed by atoms with Crippen LogP contribution in [0.25, 0.3) is 0 Å². The maximum absolute atomic E-state index is 13.0. The molecule has 0 amide bonds. The Morgan fingerprint density at radius 2 is 1.70 bits per heavy atom. The molecule has 0 spiro atoms. The lowest BCUT2D eigenvalue weighted by Crippen LogP contribution is -2.46. The molecule has 0 bridgehead atoms. The molecule has 0 radical (unpaired) electrons. The number of rotatable bonds is 6. The van der Waals surface area contributed by atoms with Gasteiger partial charge in [-0.2, -0.15) is 17.5 Å². The van der Waals surface area contributed by atoms with E-state index in [-0.39, 0.29) is 41.4 Å². The number of carbonyl (C=O) groups is 1. The molecule has 0 aromatic heterocycles. The highest BCUT2D eigenvalue weighted by atomic mass is 35.5. The van der Waals surface area contributed by atoms with E-state index in [4.69, 9.17) is 16.7 Å². The lowest BCUT2D eigenvalue weighted by molar-refractivity contribution is -0.137. The van der Waals surface area contributed by atoms with Crippen LogP contribution in [0.5, 0.6) is 0 Å². The summed E-state index contributed by atoms with van der Waals surface area (Å²) in [5, 5.41) is 8.68.